The first-order valence-electron chi connectivity index (χ1n) is 10.1. The van der Waals surface area contributed by atoms with Crippen molar-refractivity contribution in [2.75, 3.05) is 6.54 Å². The summed E-state index contributed by atoms with van der Waals surface area (Å²) in [6.45, 7) is 4.84. The third-order valence-electron chi connectivity index (χ3n) is 6.76. The van der Waals surface area contributed by atoms with Crippen LogP contribution in [0.25, 0.3) is 0 Å². The largest absolute Gasteiger partial charge is 0.462 e. The Hall–Kier alpha value is -0.730. The summed E-state index contributed by atoms with van der Waals surface area (Å²) in [4.78, 5) is 14.5. The predicted octanol–water partition coefficient (Wildman–Crippen LogP) is 4.49. The van der Waals surface area contributed by atoms with Gasteiger partial charge in [0.15, 0.2) is 0 Å². The van der Waals surface area contributed by atoms with Crippen molar-refractivity contribution in [1.29, 1.82) is 5.26 Å². The Morgan fingerprint density at radius 1 is 1.36 bits per heavy atom. The zero-order chi connectivity index (χ0) is 17.9. The third-order valence-corrected chi connectivity index (χ3v) is 7.58. The highest BCUT2D eigenvalue weighted by Gasteiger charge is 2.56. The summed E-state index contributed by atoms with van der Waals surface area (Å²) in [6, 6.07) is 0.501. The molecule has 0 amide bonds. The molecule has 3 fully saturated rings. The number of thioether (sulfide) groups is 1. The quantitative estimate of drug-likeness (QED) is 0.531. The van der Waals surface area contributed by atoms with Crippen molar-refractivity contribution in [1.82, 2.24) is 4.90 Å². The van der Waals surface area contributed by atoms with Gasteiger partial charge in [0.1, 0.15) is 11.5 Å². The molecule has 2 heterocycles. The minimum absolute atomic E-state index is 0.0936. The summed E-state index contributed by atoms with van der Waals surface area (Å²) in [5.74, 6) is 0.359. The molecule has 25 heavy (non-hydrogen) atoms. The van der Waals surface area contributed by atoms with Gasteiger partial charge in [0.25, 0.3) is 0 Å². The Bertz CT molecular complexity index is 520. The second kappa shape index (κ2) is 8.31. The maximum Gasteiger partial charge on any atom is 0.302 e. The second-order valence-corrected chi connectivity index (χ2v) is 9.24. The number of carbonyl (C=O) groups is 1. The van der Waals surface area contributed by atoms with Crippen LogP contribution < -0.4 is 0 Å². The summed E-state index contributed by atoms with van der Waals surface area (Å²) < 4.78 is 5.87. The first-order valence-corrected chi connectivity index (χ1v) is 11.0. The lowest BCUT2D eigenvalue weighted by Crippen LogP contribution is -2.69. The SMILES string of the molecule is CCCCC1CC(OC(C)=O)C2CCCCC23CCC(SC#N)CN13. The van der Waals surface area contributed by atoms with E-state index in [1.54, 1.807) is 6.92 Å². The number of nitriles is 1. The highest BCUT2D eigenvalue weighted by atomic mass is 32.2. The van der Waals surface area contributed by atoms with Gasteiger partial charge in [-0.25, -0.2) is 0 Å². The fourth-order valence-corrected chi connectivity index (χ4v) is 6.42. The standard InChI is InChI=1S/C20H32N2O2S/c1-3-4-7-16-12-19(24-15(2)23)18-8-5-6-10-20(18)11-9-17(25-14-21)13-22(16)20/h16-19H,3-13H2,1-2H3. The minimum Gasteiger partial charge on any atom is -0.462 e. The topological polar surface area (TPSA) is 53.3 Å². The molecule has 1 aliphatic carbocycles. The lowest BCUT2D eigenvalue weighted by Gasteiger charge is -2.62. The summed E-state index contributed by atoms with van der Waals surface area (Å²) in [6.07, 6.45) is 12.0. The molecule has 4 nitrogen and oxygen atoms in total. The van der Waals surface area contributed by atoms with E-state index >= 15 is 0 Å². The van der Waals surface area contributed by atoms with Crippen molar-refractivity contribution < 1.29 is 9.53 Å². The van der Waals surface area contributed by atoms with Crippen molar-refractivity contribution in [3.8, 4) is 5.40 Å². The highest BCUT2D eigenvalue weighted by molar-refractivity contribution is 8.04. The van der Waals surface area contributed by atoms with Gasteiger partial charge in [-0.2, -0.15) is 5.26 Å². The van der Waals surface area contributed by atoms with Gasteiger partial charge >= 0.3 is 5.97 Å². The average molecular weight is 365 g/mol. The van der Waals surface area contributed by atoms with Gasteiger partial charge in [-0.1, -0.05) is 32.6 Å². The predicted molar refractivity (Wildman–Crippen MR) is 101 cm³/mol. The van der Waals surface area contributed by atoms with Crippen LogP contribution in [0, 0.1) is 16.6 Å². The van der Waals surface area contributed by atoms with E-state index in [1.807, 2.05) is 0 Å². The minimum atomic E-state index is -0.123. The van der Waals surface area contributed by atoms with E-state index < -0.39 is 0 Å². The first-order chi connectivity index (χ1) is 12.1. The number of carbonyl (C=O) groups excluding carboxylic acids is 1. The number of ether oxygens (including phenoxy) is 1. The molecule has 1 saturated carbocycles. The van der Waals surface area contributed by atoms with Crippen LogP contribution >= 0.6 is 11.8 Å². The maximum atomic E-state index is 11.7. The Morgan fingerprint density at radius 3 is 2.92 bits per heavy atom. The van der Waals surface area contributed by atoms with Gasteiger partial charge in [-0.3, -0.25) is 9.69 Å². The van der Waals surface area contributed by atoms with Crippen molar-refractivity contribution in [3.63, 3.8) is 0 Å². The molecule has 0 N–H and O–H groups in total. The summed E-state index contributed by atoms with van der Waals surface area (Å²) in [7, 11) is 0. The van der Waals surface area contributed by atoms with Crippen molar-refractivity contribution >= 4 is 17.7 Å². The van der Waals surface area contributed by atoms with Gasteiger partial charge < -0.3 is 4.74 Å². The van der Waals surface area contributed by atoms with E-state index in [2.05, 4.69) is 17.2 Å². The third kappa shape index (κ3) is 3.85. The normalized spacial score (nSPS) is 38.3. The van der Waals surface area contributed by atoms with Crippen LogP contribution in [0.4, 0.5) is 0 Å². The van der Waals surface area contributed by atoms with Crippen molar-refractivity contribution in [2.45, 2.75) is 101 Å². The number of thiocyanates is 1. The molecule has 5 unspecified atom stereocenters. The Morgan fingerprint density at radius 2 is 2.20 bits per heavy atom. The molecule has 5 atom stereocenters. The van der Waals surface area contributed by atoms with Crippen LogP contribution in [0.1, 0.15) is 78.1 Å². The zero-order valence-electron chi connectivity index (χ0n) is 15.7. The van der Waals surface area contributed by atoms with Crippen LogP contribution in [0.3, 0.4) is 0 Å². The maximum absolute atomic E-state index is 11.7. The van der Waals surface area contributed by atoms with Crippen LogP contribution in [-0.2, 0) is 9.53 Å². The summed E-state index contributed by atoms with van der Waals surface area (Å²) >= 11 is 1.46. The molecular weight excluding hydrogens is 332 g/mol. The molecule has 3 aliphatic rings. The van der Waals surface area contributed by atoms with E-state index in [-0.39, 0.29) is 17.6 Å². The van der Waals surface area contributed by atoms with Crippen LogP contribution in [0.15, 0.2) is 0 Å². The molecule has 0 radical (unpaired) electrons. The number of hydrogen-bond acceptors (Lipinski definition) is 5. The van der Waals surface area contributed by atoms with Crippen molar-refractivity contribution in [2.24, 2.45) is 5.92 Å². The number of nitrogens with zero attached hydrogens (tertiary/aromatic N) is 2. The van der Waals surface area contributed by atoms with Gasteiger partial charge in [0.2, 0.25) is 0 Å². The van der Waals surface area contributed by atoms with Gasteiger partial charge in [0.05, 0.1) is 0 Å². The molecule has 0 aromatic heterocycles. The molecule has 2 aliphatic heterocycles. The average Bonchev–Trinajstić information content (AvgIpc) is 2.60. The van der Waals surface area contributed by atoms with E-state index in [1.165, 1.54) is 56.7 Å². The Balaban J connectivity index is 1.88. The smallest absolute Gasteiger partial charge is 0.302 e. The second-order valence-electron chi connectivity index (χ2n) is 8.16. The number of hydrogen-bond donors (Lipinski definition) is 0. The molecule has 0 bridgehead atoms. The molecule has 3 rings (SSSR count). The molecular formula is C20H32N2O2S. The van der Waals surface area contributed by atoms with E-state index in [0.29, 0.717) is 17.2 Å². The summed E-state index contributed by atoms with van der Waals surface area (Å²) in [5.41, 5.74) is 0.210. The van der Waals surface area contributed by atoms with Gasteiger partial charge in [-0.05, 0) is 43.9 Å². The number of esters is 1. The van der Waals surface area contributed by atoms with E-state index in [9.17, 15) is 4.79 Å². The Kier molecular flexibility index (Phi) is 6.33. The molecule has 0 aromatic carbocycles. The van der Waals surface area contributed by atoms with E-state index in [4.69, 9.17) is 10.00 Å². The van der Waals surface area contributed by atoms with Crippen LogP contribution in [0.2, 0.25) is 0 Å². The lowest BCUT2D eigenvalue weighted by atomic mass is 9.61. The number of rotatable bonds is 5. The van der Waals surface area contributed by atoms with Crippen LogP contribution in [0.5, 0.6) is 0 Å². The number of unbranched alkanes of at least 4 members (excludes halogenated alkanes) is 1. The van der Waals surface area contributed by atoms with Gasteiger partial charge in [0, 0.05) is 42.6 Å². The highest BCUT2D eigenvalue weighted by Crippen LogP contribution is 2.53. The Labute approximate surface area is 156 Å². The fraction of sp³-hybridized carbons (Fsp3) is 0.900. The lowest BCUT2D eigenvalue weighted by molar-refractivity contribution is -0.177. The molecule has 2 saturated heterocycles. The molecule has 5 heteroatoms. The van der Waals surface area contributed by atoms with Crippen molar-refractivity contribution in [3.05, 3.63) is 0 Å². The zero-order valence-corrected chi connectivity index (χ0v) is 16.5. The molecule has 1 spiro atoms. The monoisotopic (exact) mass is 364 g/mol. The molecule has 140 valence electrons. The fourth-order valence-electron chi connectivity index (χ4n) is 5.80. The summed E-state index contributed by atoms with van der Waals surface area (Å²) in [5, 5.41) is 11.9. The van der Waals surface area contributed by atoms with Gasteiger partial charge in [-0.15, -0.1) is 0 Å². The van der Waals surface area contributed by atoms with E-state index in [0.717, 1.165) is 25.8 Å². The first kappa shape index (κ1) is 19.0. The molecule has 0 aromatic rings. The number of piperidine rings is 2. The van der Waals surface area contributed by atoms with Crippen LogP contribution in [-0.4, -0.2) is 40.3 Å².